The van der Waals surface area contributed by atoms with Gasteiger partial charge < -0.3 is 49.2 Å². The fraction of sp³-hybridized carbons (Fsp3) is 0.391. The first-order valence-corrected chi connectivity index (χ1v) is 10.3. The molecule has 0 bridgehead atoms. The Kier molecular flexibility index (Phi) is 8.14. The number of Topliss-reactive ketones (excluding diaryl/α,β-unsaturated/α-hetero) is 2. The second-order valence-electron chi connectivity index (χ2n) is 7.60. The van der Waals surface area contributed by atoms with Crippen LogP contribution >= 0.6 is 0 Å². The molecule has 1 aliphatic rings. The highest BCUT2D eigenvalue weighted by Crippen LogP contribution is 2.38. The lowest BCUT2D eigenvalue weighted by Gasteiger charge is -2.39. The quantitative estimate of drug-likeness (QED) is 0.226. The largest absolute Gasteiger partial charge is 0.508 e. The standard InChI is InChI=1S/C23H26O12/c1-31-14-6-11(7-15(32-2)22(14)33-3)18(27)17(26)10-4-12(25)8-13(5-10)34-23-21(30)20(29)19(28)16(9-24)35-23/h4-8,16,19-21,23-25,28-30H,9H2,1-3H3/t16-,19-,20+,21-,23-/m1/s1. The Labute approximate surface area is 199 Å². The number of ketones is 2. The van der Waals surface area contributed by atoms with Crippen LogP contribution in [0.4, 0.5) is 0 Å². The average molecular weight is 494 g/mol. The number of hydrogen-bond acceptors (Lipinski definition) is 12. The van der Waals surface area contributed by atoms with Gasteiger partial charge in [0.25, 0.3) is 0 Å². The van der Waals surface area contributed by atoms with Crippen molar-refractivity contribution in [2.75, 3.05) is 27.9 Å². The number of aliphatic hydroxyl groups is 4. The second-order valence-corrected chi connectivity index (χ2v) is 7.60. The van der Waals surface area contributed by atoms with Gasteiger partial charge in [0, 0.05) is 17.2 Å². The van der Waals surface area contributed by atoms with Crippen LogP contribution in [-0.2, 0) is 4.74 Å². The summed E-state index contributed by atoms with van der Waals surface area (Å²) in [6.45, 7) is -0.669. The van der Waals surface area contributed by atoms with Gasteiger partial charge in [0.2, 0.25) is 23.6 Å². The van der Waals surface area contributed by atoms with Gasteiger partial charge in [0.1, 0.15) is 35.9 Å². The lowest BCUT2D eigenvalue weighted by Crippen LogP contribution is -2.60. The Bertz CT molecular complexity index is 1060. The highest BCUT2D eigenvalue weighted by molar-refractivity contribution is 6.49. The first kappa shape index (κ1) is 26.2. The molecule has 0 spiro atoms. The minimum absolute atomic E-state index is 0.0655. The number of ether oxygens (including phenoxy) is 5. The minimum atomic E-state index is -1.71. The maximum absolute atomic E-state index is 12.9. The fourth-order valence-corrected chi connectivity index (χ4v) is 3.56. The summed E-state index contributed by atoms with van der Waals surface area (Å²) < 4.78 is 26.3. The van der Waals surface area contributed by atoms with Crippen molar-refractivity contribution >= 4 is 11.6 Å². The van der Waals surface area contributed by atoms with Gasteiger partial charge in [-0.05, 0) is 24.3 Å². The number of benzene rings is 2. The molecule has 35 heavy (non-hydrogen) atoms. The van der Waals surface area contributed by atoms with E-state index in [1.807, 2.05) is 0 Å². The SMILES string of the molecule is COc1cc(C(=O)C(=O)c2cc(O)cc(O[C@@H]3O[C@H](CO)[C@@H](O)[C@H](O)[C@H]3O)c2)cc(OC)c1OC. The summed E-state index contributed by atoms with van der Waals surface area (Å²) in [5.41, 5.74) is -0.312. The molecule has 1 saturated heterocycles. The van der Waals surface area contributed by atoms with Crippen LogP contribution in [0.3, 0.4) is 0 Å². The van der Waals surface area contributed by atoms with E-state index in [1.54, 1.807) is 0 Å². The maximum atomic E-state index is 12.9. The molecule has 1 fully saturated rings. The van der Waals surface area contributed by atoms with Crippen molar-refractivity contribution in [3.05, 3.63) is 41.5 Å². The van der Waals surface area contributed by atoms with E-state index in [0.29, 0.717) is 0 Å². The molecule has 12 nitrogen and oxygen atoms in total. The lowest BCUT2D eigenvalue weighted by atomic mass is 9.99. The molecular weight excluding hydrogens is 468 g/mol. The van der Waals surface area contributed by atoms with Crippen LogP contribution < -0.4 is 18.9 Å². The zero-order valence-electron chi connectivity index (χ0n) is 19.1. The molecule has 0 amide bonds. The second kappa shape index (κ2) is 10.9. The van der Waals surface area contributed by atoms with Crippen LogP contribution in [-0.4, -0.2) is 95.7 Å². The summed E-state index contributed by atoms with van der Waals surface area (Å²) in [6.07, 6.45) is -7.77. The molecular formula is C23H26O12. The first-order valence-electron chi connectivity index (χ1n) is 10.3. The molecule has 1 aliphatic heterocycles. The van der Waals surface area contributed by atoms with Crippen molar-refractivity contribution in [1.29, 1.82) is 0 Å². The Morgan fingerprint density at radius 3 is 1.91 bits per heavy atom. The van der Waals surface area contributed by atoms with Crippen molar-refractivity contribution in [3.8, 4) is 28.7 Å². The van der Waals surface area contributed by atoms with E-state index in [1.165, 1.54) is 33.5 Å². The molecule has 1 heterocycles. The summed E-state index contributed by atoms with van der Waals surface area (Å²) in [4.78, 5) is 25.9. The van der Waals surface area contributed by atoms with Gasteiger partial charge in [-0.2, -0.15) is 0 Å². The van der Waals surface area contributed by atoms with Crippen molar-refractivity contribution in [2.24, 2.45) is 0 Å². The molecule has 5 N–H and O–H groups in total. The van der Waals surface area contributed by atoms with Crippen LogP contribution in [0.5, 0.6) is 28.7 Å². The summed E-state index contributed by atoms with van der Waals surface area (Å²) >= 11 is 0. The molecule has 2 aromatic rings. The number of carbonyl (C=O) groups is 2. The first-order chi connectivity index (χ1) is 16.6. The number of rotatable bonds is 9. The number of phenolic OH excluding ortho intramolecular Hbond substituents is 1. The van der Waals surface area contributed by atoms with Crippen molar-refractivity contribution in [3.63, 3.8) is 0 Å². The van der Waals surface area contributed by atoms with E-state index in [4.69, 9.17) is 23.7 Å². The number of aromatic hydroxyl groups is 1. The molecule has 0 aromatic heterocycles. The van der Waals surface area contributed by atoms with Crippen LogP contribution in [0, 0.1) is 0 Å². The topological polar surface area (TPSA) is 181 Å². The molecule has 0 unspecified atom stereocenters. The Morgan fingerprint density at radius 1 is 0.829 bits per heavy atom. The van der Waals surface area contributed by atoms with Crippen LogP contribution in [0.2, 0.25) is 0 Å². The number of methoxy groups -OCH3 is 3. The van der Waals surface area contributed by atoms with Crippen molar-refractivity contribution < 1.29 is 58.8 Å². The third kappa shape index (κ3) is 5.31. The van der Waals surface area contributed by atoms with E-state index in [2.05, 4.69) is 0 Å². The highest BCUT2D eigenvalue weighted by atomic mass is 16.7. The van der Waals surface area contributed by atoms with Crippen LogP contribution in [0.25, 0.3) is 0 Å². The zero-order valence-corrected chi connectivity index (χ0v) is 19.1. The smallest absolute Gasteiger partial charge is 0.233 e. The van der Waals surface area contributed by atoms with E-state index in [0.717, 1.165) is 18.2 Å². The number of carbonyl (C=O) groups excluding carboxylic acids is 2. The molecule has 0 radical (unpaired) electrons. The molecule has 0 saturated carbocycles. The summed E-state index contributed by atoms with van der Waals surface area (Å²) in [5.74, 6) is -2.03. The van der Waals surface area contributed by atoms with Crippen LogP contribution in [0.1, 0.15) is 20.7 Å². The Balaban J connectivity index is 1.88. The molecule has 190 valence electrons. The van der Waals surface area contributed by atoms with E-state index >= 15 is 0 Å². The molecule has 12 heteroatoms. The molecule has 0 aliphatic carbocycles. The van der Waals surface area contributed by atoms with Crippen molar-refractivity contribution in [1.82, 2.24) is 0 Å². The van der Waals surface area contributed by atoms with E-state index < -0.39 is 54.6 Å². The van der Waals surface area contributed by atoms with Gasteiger partial charge in [-0.15, -0.1) is 0 Å². The van der Waals surface area contributed by atoms with E-state index in [-0.39, 0.29) is 34.1 Å². The average Bonchev–Trinajstić information content (AvgIpc) is 2.86. The summed E-state index contributed by atoms with van der Waals surface area (Å²) in [7, 11) is 4.09. The third-order valence-corrected chi connectivity index (χ3v) is 5.39. The highest BCUT2D eigenvalue weighted by Gasteiger charge is 2.44. The Hall–Kier alpha value is -3.42. The maximum Gasteiger partial charge on any atom is 0.233 e. The van der Waals surface area contributed by atoms with Gasteiger partial charge in [0.05, 0.1) is 27.9 Å². The Morgan fingerprint density at radius 2 is 1.40 bits per heavy atom. The predicted octanol–water partition coefficient (Wildman–Crippen LogP) is -0.338. The van der Waals surface area contributed by atoms with Gasteiger partial charge in [0.15, 0.2) is 11.5 Å². The zero-order chi connectivity index (χ0) is 25.9. The van der Waals surface area contributed by atoms with Gasteiger partial charge in [-0.1, -0.05) is 0 Å². The van der Waals surface area contributed by atoms with E-state index in [9.17, 15) is 35.1 Å². The third-order valence-electron chi connectivity index (χ3n) is 5.39. The monoisotopic (exact) mass is 494 g/mol. The van der Waals surface area contributed by atoms with Gasteiger partial charge >= 0.3 is 0 Å². The normalized spacial score (nSPS) is 23.9. The summed E-state index contributed by atoms with van der Waals surface area (Å²) in [5, 5.41) is 49.3. The number of phenols is 1. The van der Waals surface area contributed by atoms with Gasteiger partial charge in [-0.25, -0.2) is 0 Å². The number of hydrogen-bond donors (Lipinski definition) is 5. The fourth-order valence-electron chi connectivity index (χ4n) is 3.56. The molecule has 3 rings (SSSR count). The minimum Gasteiger partial charge on any atom is -0.508 e. The molecule has 2 aromatic carbocycles. The van der Waals surface area contributed by atoms with Gasteiger partial charge in [-0.3, -0.25) is 9.59 Å². The number of aliphatic hydroxyl groups excluding tert-OH is 4. The van der Waals surface area contributed by atoms with Crippen molar-refractivity contribution in [2.45, 2.75) is 30.7 Å². The predicted molar refractivity (Wildman–Crippen MR) is 117 cm³/mol. The molecule has 5 atom stereocenters. The lowest BCUT2D eigenvalue weighted by molar-refractivity contribution is -0.277. The van der Waals surface area contributed by atoms with Crippen LogP contribution in [0.15, 0.2) is 30.3 Å². The summed E-state index contributed by atoms with van der Waals surface area (Å²) in [6, 6.07) is 5.85.